The van der Waals surface area contributed by atoms with Crippen molar-refractivity contribution in [2.24, 2.45) is 11.1 Å². The number of pyridine rings is 1. The van der Waals surface area contributed by atoms with Crippen molar-refractivity contribution in [2.75, 3.05) is 19.4 Å². The fourth-order valence-electron chi connectivity index (χ4n) is 2.30. The quantitative estimate of drug-likeness (QED) is 0.535. The van der Waals surface area contributed by atoms with Crippen molar-refractivity contribution in [3.63, 3.8) is 0 Å². The second kappa shape index (κ2) is 9.16. The first-order chi connectivity index (χ1) is 10.7. The maximum absolute atomic E-state index is 6.24. The fourth-order valence-corrected chi connectivity index (χ4v) is 2.92. The summed E-state index contributed by atoms with van der Waals surface area (Å²) in [5, 5.41) is 0.490. The van der Waals surface area contributed by atoms with Gasteiger partial charge in [-0.1, -0.05) is 23.7 Å². The number of ether oxygens (including phenoxy) is 1. The van der Waals surface area contributed by atoms with E-state index in [1.54, 1.807) is 18.0 Å². The molecule has 1 aliphatic carbocycles. The molecule has 1 aromatic heterocycles. The van der Waals surface area contributed by atoms with E-state index >= 15 is 0 Å². The molecule has 1 fully saturated rings. The number of nitrogens with two attached hydrogens (primary N) is 1. The zero-order chi connectivity index (χ0) is 15.6. The molecular weight excluding hydrogens is 387 g/mol. The smallest absolute Gasteiger partial charge is 0.138 e. The summed E-state index contributed by atoms with van der Waals surface area (Å²) >= 11 is 7.96. The van der Waals surface area contributed by atoms with E-state index in [1.807, 2.05) is 6.07 Å². The highest BCUT2D eigenvalue weighted by Crippen LogP contribution is 2.44. The average Bonchev–Trinajstić information content (AvgIpc) is 3.35. The Balaban J connectivity index is 0.00000144. The van der Waals surface area contributed by atoms with Crippen LogP contribution in [0, 0.1) is 5.41 Å². The third-order valence-corrected chi connectivity index (χ3v) is 5.19. The largest absolute Gasteiger partial charge is 0.491 e. The maximum Gasteiger partial charge on any atom is 0.138 e. The molecule has 1 saturated carbocycles. The minimum atomic E-state index is 0. The molecule has 0 saturated heterocycles. The topological polar surface area (TPSA) is 48.1 Å². The number of aromatic nitrogens is 1. The Morgan fingerprint density at radius 3 is 2.46 bits per heavy atom. The summed E-state index contributed by atoms with van der Waals surface area (Å²) in [6, 6.07) is 10.2. The molecule has 7 heteroatoms. The van der Waals surface area contributed by atoms with Gasteiger partial charge in [0, 0.05) is 22.4 Å². The number of benzene rings is 1. The van der Waals surface area contributed by atoms with Crippen LogP contribution in [0.4, 0.5) is 0 Å². The molecule has 0 atom stereocenters. The summed E-state index contributed by atoms with van der Waals surface area (Å²) < 4.78 is 5.88. The second-order valence-electron chi connectivity index (χ2n) is 5.73. The molecule has 0 unspecified atom stereocenters. The average molecular weight is 408 g/mol. The van der Waals surface area contributed by atoms with Crippen molar-refractivity contribution in [3.05, 3.63) is 41.7 Å². The van der Waals surface area contributed by atoms with Crippen molar-refractivity contribution in [1.29, 1.82) is 0 Å². The van der Waals surface area contributed by atoms with Gasteiger partial charge in [0.25, 0.3) is 0 Å². The molecule has 132 valence electrons. The van der Waals surface area contributed by atoms with Gasteiger partial charge >= 0.3 is 0 Å². The van der Waals surface area contributed by atoms with Crippen molar-refractivity contribution < 1.29 is 4.74 Å². The Kier molecular flexibility index (Phi) is 8.16. The van der Waals surface area contributed by atoms with Crippen molar-refractivity contribution in [1.82, 2.24) is 4.98 Å². The lowest BCUT2D eigenvalue weighted by molar-refractivity contribution is 0.238. The molecule has 3 rings (SSSR count). The van der Waals surface area contributed by atoms with Gasteiger partial charge in [-0.2, -0.15) is 0 Å². The predicted octanol–water partition coefficient (Wildman–Crippen LogP) is 5.09. The number of rotatable bonds is 6. The van der Waals surface area contributed by atoms with Gasteiger partial charge in [0.2, 0.25) is 0 Å². The van der Waals surface area contributed by atoms with Gasteiger partial charge in [-0.05, 0) is 42.9 Å². The minimum Gasteiger partial charge on any atom is -0.491 e. The Bertz CT molecular complexity index is 663. The second-order valence-corrected chi connectivity index (χ2v) is 6.97. The van der Waals surface area contributed by atoms with Crippen molar-refractivity contribution in [2.45, 2.75) is 17.7 Å². The summed E-state index contributed by atoms with van der Waals surface area (Å²) in [5.41, 5.74) is 7.90. The predicted molar refractivity (Wildman–Crippen MR) is 107 cm³/mol. The fraction of sp³-hybridized carbons (Fsp3) is 0.353. The Morgan fingerprint density at radius 2 is 1.92 bits per heavy atom. The third-order valence-electron chi connectivity index (χ3n) is 4.15. The number of thioether (sulfide) groups is 1. The number of nitrogens with zero attached hydrogens (tertiary/aromatic N) is 1. The molecule has 24 heavy (non-hydrogen) atoms. The van der Waals surface area contributed by atoms with Crippen LogP contribution >= 0.6 is 48.2 Å². The SMILES string of the molecule is CSc1ccc(-c2cc(OCC3(CN)CC3)cnc2Cl)cc1.Cl.Cl. The molecule has 0 spiro atoms. The Labute approximate surface area is 164 Å². The highest BCUT2D eigenvalue weighted by Gasteiger charge is 2.42. The summed E-state index contributed by atoms with van der Waals surface area (Å²) in [6.07, 6.45) is 6.03. The molecule has 3 nitrogen and oxygen atoms in total. The van der Waals surface area contributed by atoms with Crippen LogP contribution in [0.15, 0.2) is 41.4 Å². The summed E-state index contributed by atoms with van der Waals surface area (Å²) in [4.78, 5) is 5.47. The molecule has 1 aliphatic rings. The van der Waals surface area contributed by atoms with Crippen LogP contribution in [-0.4, -0.2) is 24.4 Å². The lowest BCUT2D eigenvalue weighted by Crippen LogP contribution is -2.22. The van der Waals surface area contributed by atoms with E-state index in [-0.39, 0.29) is 30.2 Å². The van der Waals surface area contributed by atoms with E-state index in [1.165, 1.54) is 4.90 Å². The zero-order valence-corrected chi connectivity index (χ0v) is 16.5. The van der Waals surface area contributed by atoms with Crippen LogP contribution in [0.1, 0.15) is 12.8 Å². The van der Waals surface area contributed by atoms with Gasteiger partial charge in [-0.15, -0.1) is 36.6 Å². The third kappa shape index (κ3) is 4.93. The lowest BCUT2D eigenvalue weighted by atomic mass is 10.1. The normalized spacial score (nSPS) is 14.3. The van der Waals surface area contributed by atoms with Crippen LogP contribution in [0.5, 0.6) is 5.75 Å². The molecule has 1 heterocycles. The summed E-state index contributed by atoms with van der Waals surface area (Å²) in [5.74, 6) is 0.744. The number of hydrogen-bond donors (Lipinski definition) is 1. The maximum atomic E-state index is 6.24. The van der Waals surface area contributed by atoms with Crippen molar-refractivity contribution in [3.8, 4) is 16.9 Å². The lowest BCUT2D eigenvalue weighted by Gasteiger charge is -2.14. The van der Waals surface area contributed by atoms with E-state index in [0.29, 0.717) is 18.3 Å². The van der Waals surface area contributed by atoms with Crippen molar-refractivity contribution >= 4 is 48.2 Å². The first kappa shape index (κ1) is 21.4. The molecule has 0 amide bonds. The Morgan fingerprint density at radius 1 is 1.25 bits per heavy atom. The highest BCUT2D eigenvalue weighted by molar-refractivity contribution is 7.98. The molecular formula is C17H21Cl3N2OS. The van der Waals surface area contributed by atoms with Gasteiger partial charge < -0.3 is 10.5 Å². The first-order valence-corrected chi connectivity index (χ1v) is 8.89. The van der Waals surface area contributed by atoms with Gasteiger partial charge in [0.15, 0.2) is 0 Å². The zero-order valence-electron chi connectivity index (χ0n) is 13.3. The summed E-state index contributed by atoms with van der Waals surface area (Å²) in [7, 11) is 0. The van der Waals surface area contributed by atoms with Gasteiger partial charge in [-0.3, -0.25) is 0 Å². The Hall–Kier alpha value is -0.650. The monoisotopic (exact) mass is 406 g/mol. The van der Waals surface area contributed by atoms with Crippen LogP contribution in [-0.2, 0) is 0 Å². The van der Waals surface area contributed by atoms with E-state index in [0.717, 1.165) is 29.7 Å². The van der Waals surface area contributed by atoms with Crippen LogP contribution < -0.4 is 10.5 Å². The minimum absolute atomic E-state index is 0. The van der Waals surface area contributed by atoms with Crippen LogP contribution in [0.3, 0.4) is 0 Å². The first-order valence-electron chi connectivity index (χ1n) is 7.29. The number of halogens is 3. The van der Waals surface area contributed by atoms with Gasteiger partial charge in [0.1, 0.15) is 10.9 Å². The van der Waals surface area contributed by atoms with E-state index in [4.69, 9.17) is 22.1 Å². The molecule has 0 radical (unpaired) electrons. The van der Waals surface area contributed by atoms with E-state index in [2.05, 4.69) is 35.5 Å². The molecule has 2 N–H and O–H groups in total. The van der Waals surface area contributed by atoms with Gasteiger partial charge in [0.05, 0.1) is 12.8 Å². The van der Waals surface area contributed by atoms with Gasteiger partial charge in [-0.25, -0.2) is 4.98 Å². The van der Waals surface area contributed by atoms with Crippen LogP contribution in [0.2, 0.25) is 5.15 Å². The highest BCUT2D eigenvalue weighted by atomic mass is 35.5. The molecule has 2 aromatic rings. The standard InChI is InChI=1S/C17H19ClN2OS.2ClH/c1-22-14-4-2-12(3-5-14)15-8-13(9-20-16(15)18)21-11-17(10-19)6-7-17;;/h2-5,8-9H,6-7,10-11,19H2,1H3;2*1H. The van der Waals surface area contributed by atoms with E-state index < -0.39 is 0 Å². The van der Waals surface area contributed by atoms with E-state index in [9.17, 15) is 0 Å². The molecule has 0 aliphatic heterocycles. The molecule has 0 bridgehead atoms. The summed E-state index contributed by atoms with van der Waals surface area (Å²) in [6.45, 7) is 1.33. The van der Waals surface area contributed by atoms with Crippen LogP contribution in [0.25, 0.3) is 11.1 Å². The number of hydrogen-bond acceptors (Lipinski definition) is 4. The molecule has 1 aromatic carbocycles.